The van der Waals surface area contributed by atoms with Crippen molar-refractivity contribution in [2.24, 2.45) is 0 Å². The second-order valence-electron chi connectivity index (χ2n) is 4.96. The van der Waals surface area contributed by atoms with Gasteiger partial charge in [0, 0.05) is 19.6 Å². The number of ether oxygens (including phenoxy) is 2. The summed E-state index contributed by atoms with van der Waals surface area (Å²) in [6.07, 6.45) is 14.5. The third-order valence-corrected chi connectivity index (χ3v) is 3.18. The molecule has 0 saturated carbocycles. The van der Waals surface area contributed by atoms with E-state index in [1.54, 1.807) is 0 Å². The standard InChI is InChI=1S/C17H28O2/c1-2-3-4-5-6-7-8-9-10-12-15-18-17-14-11-13-16-19-17/h3-4,17H,2,7-16H2,1H3/b4-3-. The van der Waals surface area contributed by atoms with Gasteiger partial charge < -0.3 is 9.47 Å². The average molecular weight is 264 g/mol. The van der Waals surface area contributed by atoms with Crippen molar-refractivity contribution in [1.82, 2.24) is 0 Å². The molecular weight excluding hydrogens is 236 g/mol. The van der Waals surface area contributed by atoms with Gasteiger partial charge in [-0.3, -0.25) is 0 Å². The first kappa shape index (κ1) is 16.3. The van der Waals surface area contributed by atoms with Crippen LogP contribution in [-0.2, 0) is 9.47 Å². The summed E-state index contributed by atoms with van der Waals surface area (Å²) in [6.45, 7) is 3.84. The van der Waals surface area contributed by atoms with Crippen LogP contribution in [0.1, 0.15) is 64.7 Å². The summed E-state index contributed by atoms with van der Waals surface area (Å²) in [5.41, 5.74) is 0. The number of allylic oxidation sites excluding steroid dienone is 2. The molecule has 1 aliphatic heterocycles. The minimum atomic E-state index is 0.0740. The second-order valence-corrected chi connectivity index (χ2v) is 4.96. The van der Waals surface area contributed by atoms with Gasteiger partial charge in [0.25, 0.3) is 0 Å². The topological polar surface area (TPSA) is 18.5 Å². The van der Waals surface area contributed by atoms with Crippen molar-refractivity contribution in [3.05, 3.63) is 12.2 Å². The fraction of sp³-hybridized carbons (Fsp3) is 0.765. The molecule has 0 N–H and O–H groups in total. The van der Waals surface area contributed by atoms with Gasteiger partial charge in [-0.1, -0.05) is 37.7 Å². The predicted molar refractivity (Wildman–Crippen MR) is 79.8 cm³/mol. The highest BCUT2D eigenvalue weighted by atomic mass is 16.7. The zero-order valence-electron chi connectivity index (χ0n) is 12.3. The first-order valence-electron chi connectivity index (χ1n) is 7.80. The molecule has 0 aromatic carbocycles. The molecule has 0 spiro atoms. The lowest BCUT2D eigenvalue weighted by Crippen LogP contribution is -2.22. The van der Waals surface area contributed by atoms with Gasteiger partial charge in [0.1, 0.15) is 0 Å². The lowest BCUT2D eigenvalue weighted by Gasteiger charge is -2.22. The van der Waals surface area contributed by atoms with E-state index in [0.29, 0.717) is 0 Å². The SMILES string of the molecule is CC/C=C\C#CCCCCCCOC1CCCCO1. The molecule has 1 unspecified atom stereocenters. The minimum Gasteiger partial charge on any atom is -0.353 e. The van der Waals surface area contributed by atoms with Crippen molar-refractivity contribution in [3.8, 4) is 11.8 Å². The Morgan fingerprint density at radius 3 is 2.89 bits per heavy atom. The van der Waals surface area contributed by atoms with Crippen LogP contribution in [0.3, 0.4) is 0 Å². The van der Waals surface area contributed by atoms with Crippen LogP contribution >= 0.6 is 0 Å². The zero-order chi connectivity index (χ0) is 13.6. The van der Waals surface area contributed by atoms with Crippen LogP contribution in [0, 0.1) is 11.8 Å². The molecule has 0 aromatic heterocycles. The van der Waals surface area contributed by atoms with E-state index in [-0.39, 0.29) is 6.29 Å². The highest BCUT2D eigenvalue weighted by Gasteiger charge is 2.12. The van der Waals surface area contributed by atoms with Gasteiger partial charge in [-0.15, -0.1) is 0 Å². The summed E-state index contributed by atoms with van der Waals surface area (Å²) >= 11 is 0. The van der Waals surface area contributed by atoms with Crippen LogP contribution in [-0.4, -0.2) is 19.5 Å². The van der Waals surface area contributed by atoms with Crippen LogP contribution in [0.2, 0.25) is 0 Å². The van der Waals surface area contributed by atoms with E-state index in [1.807, 2.05) is 6.08 Å². The Bertz CT molecular complexity index is 279. The number of hydrogen-bond acceptors (Lipinski definition) is 2. The number of hydrogen-bond donors (Lipinski definition) is 0. The van der Waals surface area contributed by atoms with Gasteiger partial charge in [0.2, 0.25) is 0 Å². The fourth-order valence-electron chi connectivity index (χ4n) is 2.03. The van der Waals surface area contributed by atoms with Gasteiger partial charge in [-0.25, -0.2) is 0 Å². The van der Waals surface area contributed by atoms with Gasteiger partial charge in [0.15, 0.2) is 6.29 Å². The Balaban J connectivity index is 1.82. The van der Waals surface area contributed by atoms with Crippen molar-refractivity contribution in [3.63, 3.8) is 0 Å². The summed E-state index contributed by atoms with van der Waals surface area (Å²) in [4.78, 5) is 0. The Morgan fingerprint density at radius 1 is 1.21 bits per heavy atom. The van der Waals surface area contributed by atoms with Gasteiger partial charge >= 0.3 is 0 Å². The van der Waals surface area contributed by atoms with Crippen molar-refractivity contribution in [1.29, 1.82) is 0 Å². The van der Waals surface area contributed by atoms with Crippen molar-refractivity contribution < 1.29 is 9.47 Å². The molecule has 0 radical (unpaired) electrons. The Morgan fingerprint density at radius 2 is 2.11 bits per heavy atom. The Kier molecular flexibility index (Phi) is 10.5. The monoisotopic (exact) mass is 264 g/mol. The van der Waals surface area contributed by atoms with Crippen LogP contribution in [0.5, 0.6) is 0 Å². The lowest BCUT2D eigenvalue weighted by molar-refractivity contribution is -0.162. The van der Waals surface area contributed by atoms with Crippen LogP contribution in [0.25, 0.3) is 0 Å². The first-order valence-corrected chi connectivity index (χ1v) is 7.80. The normalized spacial score (nSPS) is 19.3. The lowest BCUT2D eigenvalue weighted by atomic mass is 10.1. The molecular formula is C17H28O2. The van der Waals surface area contributed by atoms with E-state index in [2.05, 4.69) is 24.8 Å². The largest absolute Gasteiger partial charge is 0.353 e. The van der Waals surface area contributed by atoms with Crippen molar-refractivity contribution >= 4 is 0 Å². The van der Waals surface area contributed by atoms with E-state index in [0.717, 1.165) is 38.9 Å². The summed E-state index contributed by atoms with van der Waals surface area (Å²) < 4.78 is 11.2. The maximum Gasteiger partial charge on any atom is 0.157 e. The van der Waals surface area contributed by atoms with Gasteiger partial charge in [-0.2, -0.15) is 0 Å². The maximum atomic E-state index is 5.70. The first-order chi connectivity index (χ1) is 9.43. The van der Waals surface area contributed by atoms with Gasteiger partial charge in [-0.05, 0) is 44.6 Å². The highest BCUT2D eigenvalue weighted by Crippen LogP contribution is 2.14. The second kappa shape index (κ2) is 12.3. The van der Waals surface area contributed by atoms with Gasteiger partial charge in [0.05, 0.1) is 0 Å². The van der Waals surface area contributed by atoms with E-state index < -0.39 is 0 Å². The van der Waals surface area contributed by atoms with E-state index >= 15 is 0 Å². The van der Waals surface area contributed by atoms with Crippen LogP contribution < -0.4 is 0 Å². The minimum absolute atomic E-state index is 0.0740. The molecule has 0 aromatic rings. The zero-order valence-corrected chi connectivity index (χ0v) is 12.3. The van der Waals surface area contributed by atoms with Crippen LogP contribution in [0.15, 0.2) is 12.2 Å². The molecule has 108 valence electrons. The van der Waals surface area contributed by atoms with Crippen molar-refractivity contribution in [2.75, 3.05) is 13.2 Å². The molecule has 19 heavy (non-hydrogen) atoms. The smallest absolute Gasteiger partial charge is 0.157 e. The molecule has 2 heteroatoms. The van der Waals surface area contributed by atoms with E-state index in [9.17, 15) is 0 Å². The molecule has 0 bridgehead atoms. The Labute approximate surface area is 118 Å². The summed E-state index contributed by atoms with van der Waals surface area (Å²) in [5.74, 6) is 6.23. The molecule has 1 fully saturated rings. The highest BCUT2D eigenvalue weighted by molar-refractivity contribution is 5.14. The summed E-state index contributed by atoms with van der Waals surface area (Å²) in [6, 6.07) is 0. The molecule has 1 atom stereocenters. The number of unbranched alkanes of at least 4 members (excludes halogenated alkanes) is 4. The predicted octanol–water partition coefficient (Wildman–Crippen LogP) is 4.45. The molecule has 2 nitrogen and oxygen atoms in total. The molecule has 1 heterocycles. The summed E-state index contributed by atoms with van der Waals surface area (Å²) in [5, 5.41) is 0. The third kappa shape index (κ3) is 9.76. The molecule has 1 saturated heterocycles. The Hall–Kier alpha value is -0.780. The third-order valence-electron chi connectivity index (χ3n) is 3.18. The molecule has 1 aliphatic rings. The molecule has 1 rings (SSSR count). The van der Waals surface area contributed by atoms with E-state index in [1.165, 1.54) is 32.1 Å². The summed E-state index contributed by atoms with van der Waals surface area (Å²) in [7, 11) is 0. The molecule has 0 amide bonds. The van der Waals surface area contributed by atoms with Crippen molar-refractivity contribution in [2.45, 2.75) is 71.0 Å². The number of rotatable bonds is 8. The average Bonchev–Trinajstić information content (AvgIpc) is 2.46. The van der Waals surface area contributed by atoms with E-state index in [4.69, 9.17) is 9.47 Å². The quantitative estimate of drug-likeness (QED) is 0.476. The molecule has 0 aliphatic carbocycles. The van der Waals surface area contributed by atoms with Crippen LogP contribution in [0.4, 0.5) is 0 Å². The fourth-order valence-corrected chi connectivity index (χ4v) is 2.03. The maximum absolute atomic E-state index is 5.70.